The van der Waals surface area contributed by atoms with Crippen molar-refractivity contribution < 1.29 is 0 Å². The Hall–Kier alpha value is -1.81. The van der Waals surface area contributed by atoms with Crippen LogP contribution in [0, 0.1) is 6.92 Å². The summed E-state index contributed by atoms with van der Waals surface area (Å²) >= 11 is 5.83. The van der Waals surface area contributed by atoms with Gasteiger partial charge in [-0.2, -0.15) is 4.98 Å². The Bertz CT molecular complexity index is 525. The first-order chi connectivity index (χ1) is 8.65. The number of nitrogen functional groups attached to an aromatic ring is 1. The molecule has 0 aliphatic rings. The van der Waals surface area contributed by atoms with Crippen molar-refractivity contribution in [2.24, 2.45) is 0 Å². The number of aromatic nitrogens is 2. The number of halogens is 1. The molecule has 0 bridgehead atoms. The lowest BCUT2D eigenvalue weighted by atomic mass is 10.1. The predicted molar refractivity (Wildman–Crippen MR) is 74.8 cm³/mol. The number of nitrogens with two attached hydrogens (primary N) is 1. The molecule has 0 aliphatic carbocycles. The molecule has 1 aromatic carbocycles. The molecule has 5 heteroatoms. The maximum atomic E-state index is 5.83. The van der Waals surface area contributed by atoms with E-state index in [1.54, 1.807) is 6.20 Å². The first-order valence-electron chi connectivity index (χ1n) is 5.72. The van der Waals surface area contributed by atoms with Gasteiger partial charge in [-0.1, -0.05) is 23.7 Å². The number of hydrogen-bond acceptors (Lipinski definition) is 4. The van der Waals surface area contributed by atoms with Gasteiger partial charge in [0.05, 0.1) is 0 Å². The monoisotopic (exact) mass is 262 g/mol. The van der Waals surface area contributed by atoms with Crippen LogP contribution in [0.15, 0.2) is 30.5 Å². The van der Waals surface area contributed by atoms with E-state index < -0.39 is 0 Å². The SMILES string of the molecule is Cc1cnc(N)nc1NCCc1ccc(Cl)cc1. The van der Waals surface area contributed by atoms with E-state index in [1.165, 1.54) is 5.56 Å². The summed E-state index contributed by atoms with van der Waals surface area (Å²) in [7, 11) is 0. The molecule has 0 atom stereocenters. The molecule has 18 heavy (non-hydrogen) atoms. The van der Waals surface area contributed by atoms with Crippen molar-refractivity contribution in [3.05, 3.63) is 46.6 Å². The van der Waals surface area contributed by atoms with E-state index in [-0.39, 0.29) is 5.95 Å². The van der Waals surface area contributed by atoms with Crippen LogP contribution in [0.5, 0.6) is 0 Å². The number of aryl methyl sites for hydroxylation is 1. The molecule has 2 aromatic rings. The molecule has 0 unspecified atom stereocenters. The Labute approximate surface area is 111 Å². The van der Waals surface area contributed by atoms with Crippen LogP contribution >= 0.6 is 11.6 Å². The second kappa shape index (κ2) is 5.69. The molecule has 3 N–H and O–H groups in total. The fraction of sp³-hybridized carbons (Fsp3) is 0.231. The molecule has 1 heterocycles. The Kier molecular flexibility index (Phi) is 3.99. The zero-order valence-corrected chi connectivity index (χ0v) is 10.9. The number of benzene rings is 1. The molecular weight excluding hydrogens is 248 g/mol. The Balaban J connectivity index is 1.92. The molecule has 0 spiro atoms. The van der Waals surface area contributed by atoms with Crippen molar-refractivity contribution >= 4 is 23.4 Å². The van der Waals surface area contributed by atoms with Crippen LogP contribution in [0.2, 0.25) is 5.02 Å². The first kappa shape index (κ1) is 12.6. The van der Waals surface area contributed by atoms with E-state index in [0.29, 0.717) is 0 Å². The van der Waals surface area contributed by atoms with E-state index >= 15 is 0 Å². The Morgan fingerprint density at radius 3 is 2.72 bits per heavy atom. The summed E-state index contributed by atoms with van der Waals surface area (Å²) in [5.74, 6) is 1.08. The largest absolute Gasteiger partial charge is 0.369 e. The number of rotatable bonds is 4. The highest BCUT2D eigenvalue weighted by atomic mass is 35.5. The molecule has 0 aliphatic heterocycles. The lowest BCUT2D eigenvalue weighted by Gasteiger charge is -2.08. The highest BCUT2D eigenvalue weighted by Gasteiger charge is 2.01. The summed E-state index contributed by atoms with van der Waals surface area (Å²) in [4.78, 5) is 8.08. The third-order valence-electron chi connectivity index (χ3n) is 2.61. The average Bonchev–Trinajstić information content (AvgIpc) is 2.36. The fourth-order valence-corrected chi connectivity index (χ4v) is 1.74. The van der Waals surface area contributed by atoms with Crippen molar-refractivity contribution in [1.29, 1.82) is 0 Å². The Morgan fingerprint density at radius 2 is 2.00 bits per heavy atom. The average molecular weight is 263 g/mol. The molecular formula is C13H15ClN4. The first-order valence-corrected chi connectivity index (χ1v) is 6.10. The molecule has 94 valence electrons. The number of nitrogens with one attached hydrogen (secondary N) is 1. The number of hydrogen-bond donors (Lipinski definition) is 2. The van der Waals surface area contributed by atoms with Crippen LogP contribution < -0.4 is 11.1 Å². The quantitative estimate of drug-likeness (QED) is 0.889. The van der Waals surface area contributed by atoms with E-state index in [9.17, 15) is 0 Å². The Morgan fingerprint density at radius 1 is 1.28 bits per heavy atom. The second-order valence-corrected chi connectivity index (χ2v) is 4.50. The summed E-state index contributed by atoms with van der Waals surface area (Å²) in [6, 6.07) is 7.83. The van der Waals surface area contributed by atoms with E-state index in [1.807, 2.05) is 31.2 Å². The fourth-order valence-electron chi connectivity index (χ4n) is 1.61. The molecule has 4 nitrogen and oxygen atoms in total. The smallest absolute Gasteiger partial charge is 0.221 e. The number of nitrogens with zero attached hydrogens (tertiary/aromatic N) is 2. The summed E-state index contributed by atoms with van der Waals surface area (Å²) in [5.41, 5.74) is 7.76. The molecule has 0 saturated carbocycles. The zero-order valence-electron chi connectivity index (χ0n) is 10.2. The van der Waals surface area contributed by atoms with Crippen LogP contribution in [0.1, 0.15) is 11.1 Å². The van der Waals surface area contributed by atoms with Gasteiger partial charge in [0.2, 0.25) is 5.95 Å². The molecule has 1 aromatic heterocycles. The van der Waals surface area contributed by atoms with Crippen LogP contribution in [0.3, 0.4) is 0 Å². The van der Waals surface area contributed by atoms with Crippen LogP contribution in [-0.4, -0.2) is 16.5 Å². The van der Waals surface area contributed by atoms with Gasteiger partial charge < -0.3 is 11.1 Å². The van der Waals surface area contributed by atoms with Gasteiger partial charge in [0.1, 0.15) is 5.82 Å². The van der Waals surface area contributed by atoms with Crippen molar-refractivity contribution in [2.75, 3.05) is 17.6 Å². The van der Waals surface area contributed by atoms with E-state index in [0.717, 1.165) is 29.4 Å². The van der Waals surface area contributed by atoms with E-state index in [2.05, 4.69) is 15.3 Å². The van der Waals surface area contributed by atoms with Gasteiger partial charge in [0.15, 0.2) is 0 Å². The van der Waals surface area contributed by atoms with Gasteiger partial charge in [-0.3, -0.25) is 0 Å². The predicted octanol–water partition coefficient (Wildman–Crippen LogP) is 2.68. The van der Waals surface area contributed by atoms with Gasteiger partial charge in [-0.15, -0.1) is 0 Å². The van der Waals surface area contributed by atoms with Gasteiger partial charge in [-0.05, 0) is 31.0 Å². The topological polar surface area (TPSA) is 63.8 Å². The molecule has 0 saturated heterocycles. The minimum Gasteiger partial charge on any atom is -0.369 e. The molecule has 0 radical (unpaired) electrons. The van der Waals surface area contributed by atoms with Gasteiger partial charge >= 0.3 is 0 Å². The van der Waals surface area contributed by atoms with E-state index in [4.69, 9.17) is 17.3 Å². The van der Waals surface area contributed by atoms with Crippen LogP contribution in [0.25, 0.3) is 0 Å². The lowest BCUT2D eigenvalue weighted by molar-refractivity contribution is 0.994. The van der Waals surface area contributed by atoms with Crippen LogP contribution in [0.4, 0.5) is 11.8 Å². The van der Waals surface area contributed by atoms with Crippen molar-refractivity contribution in [1.82, 2.24) is 9.97 Å². The normalized spacial score (nSPS) is 10.3. The van der Waals surface area contributed by atoms with Crippen molar-refractivity contribution in [2.45, 2.75) is 13.3 Å². The maximum absolute atomic E-state index is 5.83. The third-order valence-corrected chi connectivity index (χ3v) is 2.86. The molecule has 0 fully saturated rings. The lowest BCUT2D eigenvalue weighted by Crippen LogP contribution is -2.09. The summed E-state index contributed by atoms with van der Waals surface area (Å²) in [5, 5.41) is 4.01. The minimum atomic E-state index is 0.287. The third kappa shape index (κ3) is 3.34. The second-order valence-electron chi connectivity index (χ2n) is 4.06. The van der Waals surface area contributed by atoms with Crippen LogP contribution in [-0.2, 0) is 6.42 Å². The van der Waals surface area contributed by atoms with Crippen molar-refractivity contribution in [3.8, 4) is 0 Å². The highest BCUT2D eigenvalue weighted by molar-refractivity contribution is 6.30. The summed E-state index contributed by atoms with van der Waals surface area (Å²) in [6.45, 7) is 2.74. The summed E-state index contributed by atoms with van der Waals surface area (Å²) in [6.07, 6.45) is 2.62. The van der Waals surface area contributed by atoms with Gasteiger partial charge in [0, 0.05) is 23.3 Å². The maximum Gasteiger partial charge on any atom is 0.221 e. The molecule has 0 amide bonds. The highest BCUT2D eigenvalue weighted by Crippen LogP contribution is 2.12. The van der Waals surface area contributed by atoms with Gasteiger partial charge in [0.25, 0.3) is 0 Å². The van der Waals surface area contributed by atoms with Crippen molar-refractivity contribution in [3.63, 3.8) is 0 Å². The number of anilines is 2. The molecule has 2 rings (SSSR count). The summed E-state index contributed by atoms with van der Waals surface area (Å²) < 4.78 is 0. The zero-order chi connectivity index (χ0) is 13.0. The standard InChI is InChI=1S/C13H15ClN4/c1-9-8-17-13(15)18-12(9)16-7-6-10-2-4-11(14)5-3-10/h2-5,8H,6-7H2,1H3,(H3,15,16,17,18). The van der Waals surface area contributed by atoms with Gasteiger partial charge in [-0.25, -0.2) is 4.98 Å². The minimum absolute atomic E-state index is 0.287.